The smallest absolute Gasteiger partial charge is 0.263 e. The summed E-state index contributed by atoms with van der Waals surface area (Å²) < 4.78 is 0. The lowest BCUT2D eigenvalue weighted by Gasteiger charge is -2.07. The van der Waals surface area contributed by atoms with Crippen LogP contribution in [0.2, 0.25) is 0 Å². The average molecular weight is 255 g/mol. The number of thiazole rings is 1. The van der Waals surface area contributed by atoms with E-state index in [1.165, 1.54) is 17.5 Å². The van der Waals surface area contributed by atoms with Crippen LogP contribution < -0.4 is 10.6 Å². The number of rotatable bonds is 7. The third kappa shape index (κ3) is 4.54. The number of aliphatic hydroxyl groups excluding tert-OH is 1. The molecule has 0 aliphatic rings. The lowest BCUT2D eigenvalue weighted by atomic mass is 10.2. The molecule has 0 aliphatic carbocycles. The third-order valence-electron chi connectivity index (χ3n) is 2.05. The van der Waals surface area contributed by atoms with Gasteiger partial charge in [0, 0.05) is 19.7 Å². The molecular formula is C11H17N3O2S. The number of amides is 1. The van der Waals surface area contributed by atoms with Crippen molar-refractivity contribution >= 4 is 22.4 Å². The van der Waals surface area contributed by atoms with E-state index in [2.05, 4.69) is 22.2 Å². The summed E-state index contributed by atoms with van der Waals surface area (Å²) in [4.78, 5) is 16.3. The van der Waals surface area contributed by atoms with Crippen molar-refractivity contribution in [2.24, 2.45) is 5.92 Å². The van der Waals surface area contributed by atoms with Gasteiger partial charge < -0.3 is 15.7 Å². The second-order valence-corrected chi connectivity index (χ2v) is 4.73. The Hall–Kier alpha value is -1.40. The summed E-state index contributed by atoms with van der Waals surface area (Å²) in [5, 5.41) is 15.3. The van der Waals surface area contributed by atoms with Crippen LogP contribution in [0, 0.1) is 5.92 Å². The number of nitrogens with one attached hydrogen (secondary N) is 2. The number of aromatic nitrogens is 1. The monoisotopic (exact) mass is 255 g/mol. The van der Waals surface area contributed by atoms with Crippen molar-refractivity contribution in [3.05, 3.63) is 23.7 Å². The summed E-state index contributed by atoms with van der Waals surface area (Å²) in [5.41, 5.74) is 0. The van der Waals surface area contributed by atoms with E-state index in [0.29, 0.717) is 23.1 Å². The van der Waals surface area contributed by atoms with E-state index in [1.807, 2.05) is 6.92 Å². The maximum Gasteiger partial charge on any atom is 0.263 e. The van der Waals surface area contributed by atoms with Crippen molar-refractivity contribution in [2.45, 2.75) is 6.92 Å². The number of hydrogen-bond acceptors (Lipinski definition) is 5. The quantitative estimate of drug-likeness (QED) is 0.638. The lowest BCUT2D eigenvalue weighted by Crippen LogP contribution is -2.28. The SMILES string of the molecule is C=CCNc1ncc(C(=O)NCC(C)CO)s1. The van der Waals surface area contributed by atoms with Crippen LogP contribution >= 0.6 is 11.3 Å². The molecule has 0 spiro atoms. The standard InChI is InChI=1S/C11H17N3O2S/c1-3-4-12-11-14-6-9(17-11)10(16)13-5-8(2)7-15/h3,6,8,15H,1,4-5,7H2,2H3,(H,12,14)(H,13,16). The number of anilines is 1. The first kappa shape index (κ1) is 13.7. The van der Waals surface area contributed by atoms with Crippen molar-refractivity contribution in [1.29, 1.82) is 0 Å². The maximum absolute atomic E-state index is 11.7. The minimum Gasteiger partial charge on any atom is -0.396 e. The fraction of sp³-hybridized carbons (Fsp3) is 0.455. The molecule has 1 atom stereocenters. The van der Waals surface area contributed by atoms with Gasteiger partial charge in [0.2, 0.25) is 0 Å². The van der Waals surface area contributed by atoms with E-state index >= 15 is 0 Å². The predicted octanol–water partition coefficient (Wildman–Crippen LogP) is 1.10. The Morgan fingerprint density at radius 3 is 3.18 bits per heavy atom. The normalized spacial score (nSPS) is 11.9. The van der Waals surface area contributed by atoms with Crippen molar-refractivity contribution in [3.63, 3.8) is 0 Å². The Morgan fingerprint density at radius 2 is 2.53 bits per heavy atom. The molecule has 94 valence electrons. The zero-order chi connectivity index (χ0) is 12.7. The molecule has 0 saturated carbocycles. The van der Waals surface area contributed by atoms with E-state index in [9.17, 15) is 4.79 Å². The van der Waals surface area contributed by atoms with Gasteiger partial charge in [-0.2, -0.15) is 0 Å². The number of hydrogen-bond donors (Lipinski definition) is 3. The third-order valence-corrected chi connectivity index (χ3v) is 3.00. The first-order valence-electron chi connectivity index (χ1n) is 5.37. The molecule has 0 aliphatic heterocycles. The molecule has 0 saturated heterocycles. The van der Waals surface area contributed by atoms with Gasteiger partial charge in [0.25, 0.3) is 5.91 Å². The molecule has 0 fully saturated rings. The van der Waals surface area contributed by atoms with E-state index in [1.54, 1.807) is 6.08 Å². The minimum atomic E-state index is -0.158. The van der Waals surface area contributed by atoms with Crippen molar-refractivity contribution in [3.8, 4) is 0 Å². The topological polar surface area (TPSA) is 74.2 Å². The van der Waals surface area contributed by atoms with Crippen molar-refractivity contribution < 1.29 is 9.90 Å². The second kappa shape index (κ2) is 7.03. The number of carbonyl (C=O) groups is 1. The highest BCUT2D eigenvalue weighted by Gasteiger charge is 2.10. The first-order chi connectivity index (χ1) is 8.17. The molecule has 1 rings (SSSR count). The maximum atomic E-state index is 11.7. The molecule has 0 bridgehead atoms. The largest absolute Gasteiger partial charge is 0.396 e. The fourth-order valence-corrected chi connectivity index (χ4v) is 1.78. The number of carbonyl (C=O) groups excluding carboxylic acids is 1. The highest BCUT2D eigenvalue weighted by atomic mass is 32.1. The van der Waals surface area contributed by atoms with Gasteiger partial charge >= 0.3 is 0 Å². The molecule has 6 heteroatoms. The molecular weight excluding hydrogens is 238 g/mol. The molecule has 1 heterocycles. The van der Waals surface area contributed by atoms with E-state index in [4.69, 9.17) is 5.11 Å². The van der Waals surface area contributed by atoms with E-state index < -0.39 is 0 Å². The van der Waals surface area contributed by atoms with Crippen LogP contribution in [-0.4, -0.2) is 35.7 Å². The van der Waals surface area contributed by atoms with Crippen molar-refractivity contribution in [1.82, 2.24) is 10.3 Å². The summed E-state index contributed by atoms with van der Waals surface area (Å²) >= 11 is 1.30. The Kier molecular flexibility index (Phi) is 5.65. The van der Waals surface area contributed by atoms with Gasteiger partial charge in [-0.3, -0.25) is 4.79 Å². The molecule has 17 heavy (non-hydrogen) atoms. The number of nitrogens with zero attached hydrogens (tertiary/aromatic N) is 1. The Balaban J connectivity index is 2.46. The molecule has 0 radical (unpaired) electrons. The van der Waals surface area contributed by atoms with E-state index in [-0.39, 0.29) is 18.4 Å². The van der Waals surface area contributed by atoms with Gasteiger partial charge in [-0.25, -0.2) is 4.98 Å². The van der Waals surface area contributed by atoms with Gasteiger partial charge in [-0.15, -0.1) is 6.58 Å². The lowest BCUT2D eigenvalue weighted by molar-refractivity contribution is 0.0946. The zero-order valence-corrected chi connectivity index (χ0v) is 10.6. The summed E-state index contributed by atoms with van der Waals surface area (Å²) in [7, 11) is 0. The number of aliphatic hydroxyl groups is 1. The fourth-order valence-electron chi connectivity index (χ4n) is 1.04. The zero-order valence-electron chi connectivity index (χ0n) is 9.77. The molecule has 5 nitrogen and oxygen atoms in total. The van der Waals surface area contributed by atoms with Crippen LogP contribution in [0.25, 0.3) is 0 Å². The van der Waals surface area contributed by atoms with Gasteiger partial charge in [-0.1, -0.05) is 24.3 Å². The molecule has 1 aromatic heterocycles. The van der Waals surface area contributed by atoms with Crippen LogP contribution in [0.15, 0.2) is 18.9 Å². The van der Waals surface area contributed by atoms with Gasteiger partial charge in [0.05, 0.1) is 6.20 Å². The van der Waals surface area contributed by atoms with Crippen LogP contribution in [-0.2, 0) is 0 Å². The Labute approximate surface area is 105 Å². The average Bonchev–Trinajstić information content (AvgIpc) is 2.81. The predicted molar refractivity (Wildman–Crippen MR) is 69.4 cm³/mol. The van der Waals surface area contributed by atoms with Crippen LogP contribution in [0.3, 0.4) is 0 Å². The van der Waals surface area contributed by atoms with Crippen LogP contribution in [0.5, 0.6) is 0 Å². The summed E-state index contributed by atoms with van der Waals surface area (Å²) in [5.74, 6) is -0.0975. The Bertz CT molecular complexity index is 379. The highest BCUT2D eigenvalue weighted by Crippen LogP contribution is 2.17. The highest BCUT2D eigenvalue weighted by molar-refractivity contribution is 7.17. The molecule has 1 unspecified atom stereocenters. The first-order valence-corrected chi connectivity index (χ1v) is 6.18. The summed E-state index contributed by atoms with van der Waals surface area (Å²) in [6.45, 7) is 6.60. The van der Waals surface area contributed by atoms with Gasteiger partial charge in [0.15, 0.2) is 5.13 Å². The molecule has 0 aromatic carbocycles. The molecule has 1 aromatic rings. The molecule has 1 amide bonds. The summed E-state index contributed by atoms with van der Waals surface area (Å²) in [6, 6.07) is 0. The van der Waals surface area contributed by atoms with E-state index in [0.717, 1.165) is 0 Å². The van der Waals surface area contributed by atoms with Crippen LogP contribution in [0.4, 0.5) is 5.13 Å². The van der Waals surface area contributed by atoms with Crippen LogP contribution in [0.1, 0.15) is 16.6 Å². The second-order valence-electron chi connectivity index (χ2n) is 3.70. The van der Waals surface area contributed by atoms with Gasteiger partial charge in [0.1, 0.15) is 4.88 Å². The minimum absolute atomic E-state index is 0.0604. The van der Waals surface area contributed by atoms with Crippen molar-refractivity contribution in [2.75, 3.05) is 25.0 Å². The molecule has 3 N–H and O–H groups in total. The van der Waals surface area contributed by atoms with Gasteiger partial charge in [-0.05, 0) is 5.92 Å². The summed E-state index contributed by atoms with van der Waals surface area (Å²) in [6.07, 6.45) is 3.26. The Morgan fingerprint density at radius 1 is 1.76 bits per heavy atom.